The minimum atomic E-state index is -0.0602. The van der Waals surface area contributed by atoms with E-state index in [4.69, 9.17) is 4.74 Å². The Morgan fingerprint density at radius 1 is 0.833 bits per heavy atom. The number of H-pyrrole nitrogens is 1. The monoisotopic (exact) mass is 398 g/mol. The number of benzene rings is 3. The van der Waals surface area contributed by atoms with Gasteiger partial charge in [-0.05, 0) is 48.9 Å². The number of hydrogen-bond acceptors (Lipinski definition) is 3. The molecule has 1 N–H and O–H groups in total. The predicted molar refractivity (Wildman–Crippen MR) is 123 cm³/mol. The van der Waals surface area contributed by atoms with Gasteiger partial charge in [-0.25, -0.2) is 0 Å². The summed E-state index contributed by atoms with van der Waals surface area (Å²) >= 11 is 0. The van der Waals surface area contributed by atoms with Crippen LogP contribution in [0.5, 0.6) is 5.75 Å². The number of hydrogen-bond donors (Lipinski definition) is 1. The summed E-state index contributed by atoms with van der Waals surface area (Å²) in [5.74, 6) is 0.701. The third-order valence-corrected chi connectivity index (χ3v) is 5.77. The molecule has 3 aromatic carbocycles. The van der Waals surface area contributed by atoms with Crippen molar-refractivity contribution >= 4 is 43.6 Å². The zero-order chi connectivity index (χ0) is 20.8. The van der Waals surface area contributed by atoms with Crippen LogP contribution in [0.2, 0.25) is 0 Å². The van der Waals surface area contributed by atoms with E-state index >= 15 is 0 Å². The molecule has 0 atom stereocenters. The molecular weight excluding hydrogens is 376 g/mol. The number of fused-ring (bicyclic) bond motifs is 4. The lowest BCUT2D eigenvalue weighted by molar-refractivity contribution is 0.310. The Hall–Kier alpha value is -3.60. The fourth-order valence-corrected chi connectivity index (χ4v) is 4.11. The van der Waals surface area contributed by atoms with Crippen LogP contribution in [0.4, 0.5) is 0 Å². The van der Waals surface area contributed by atoms with E-state index in [2.05, 4.69) is 11.9 Å². The van der Waals surface area contributed by atoms with Gasteiger partial charge in [0, 0.05) is 34.1 Å². The number of aromatic amines is 1. The topological polar surface area (TPSA) is 64.1 Å². The normalized spacial score (nSPS) is 11.7. The number of nitrogens with one attached hydrogen (secondary N) is 1. The fourth-order valence-electron chi connectivity index (χ4n) is 4.11. The lowest BCUT2D eigenvalue weighted by Crippen LogP contribution is -2.11. The third-order valence-electron chi connectivity index (χ3n) is 5.77. The molecule has 0 bridgehead atoms. The Balaban J connectivity index is 1.82. The van der Waals surface area contributed by atoms with E-state index in [-0.39, 0.29) is 10.9 Å². The van der Waals surface area contributed by atoms with Crippen LogP contribution >= 0.6 is 0 Å². The van der Waals surface area contributed by atoms with E-state index in [1.165, 1.54) is 0 Å². The molecule has 2 heterocycles. The van der Waals surface area contributed by atoms with Crippen molar-refractivity contribution in [2.75, 3.05) is 6.61 Å². The number of para-hydroxylation sites is 1. The Kier molecular flexibility index (Phi) is 4.31. The van der Waals surface area contributed by atoms with Gasteiger partial charge in [0.1, 0.15) is 5.75 Å². The molecule has 0 saturated carbocycles. The maximum atomic E-state index is 13.4. The van der Waals surface area contributed by atoms with Crippen molar-refractivity contribution < 1.29 is 4.74 Å². The molecule has 0 fully saturated rings. The van der Waals surface area contributed by atoms with E-state index < -0.39 is 0 Å². The van der Waals surface area contributed by atoms with Crippen molar-refractivity contribution in [3.63, 3.8) is 0 Å². The maximum absolute atomic E-state index is 13.4. The van der Waals surface area contributed by atoms with Gasteiger partial charge in [0.25, 0.3) is 0 Å². The first kappa shape index (κ1) is 18.4. The standard InChI is InChI=1S/C25H22N2O3/c1-3-4-11-30-15-9-10-22-18(12-15)25(29)19-13-21-17(14-23(19)27(22)2)24(28)16-7-5-6-8-20(16)26-21/h5-10,12-14H,3-4,11H2,1-2H3,(H,26,28). The van der Waals surface area contributed by atoms with E-state index in [0.29, 0.717) is 39.4 Å². The molecule has 0 aliphatic rings. The lowest BCUT2D eigenvalue weighted by atomic mass is 10.0. The van der Waals surface area contributed by atoms with Gasteiger partial charge in [0.15, 0.2) is 10.9 Å². The average Bonchev–Trinajstić information content (AvgIpc) is 2.77. The zero-order valence-electron chi connectivity index (χ0n) is 17.0. The summed E-state index contributed by atoms with van der Waals surface area (Å²) in [6, 6.07) is 16.7. The van der Waals surface area contributed by atoms with Crippen LogP contribution in [0.1, 0.15) is 19.8 Å². The van der Waals surface area contributed by atoms with Crippen molar-refractivity contribution in [2.45, 2.75) is 19.8 Å². The lowest BCUT2D eigenvalue weighted by Gasteiger charge is -2.13. The molecule has 0 radical (unpaired) electrons. The van der Waals surface area contributed by atoms with E-state index in [1.54, 1.807) is 6.07 Å². The maximum Gasteiger partial charge on any atom is 0.197 e. The first-order valence-electron chi connectivity index (χ1n) is 10.2. The summed E-state index contributed by atoms with van der Waals surface area (Å²) in [5, 5.41) is 2.41. The van der Waals surface area contributed by atoms with Gasteiger partial charge < -0.3 is 14.3 Å². The molecule has 5 rings (SSSR count). The first-order valence-corrected chi connectivity index (χ1v) is 10.2. The van der Waals surface area contributed by atoms with Crippen LogP contribution in [0, 0.1) is 0 Å². The average molecular weight is 398 g/mol. The molecule has 0 aliphatic heterocycles. The number of ether oxygens (including phenoxy) is 1. The Labute approximate surface area is 172 Å². The largest absolute Gasteiger partial charge is 0.494 e. The van der Waals surface area contributed by atoms with Crippen LogP contribution in [0.15, 0.2) is 64.2 Å². The summed E-state index contributed by atoms with van der Waals surface area (Å²) in [6.07, 6.45) is 2.03. The summed E-state index contributed by atoms with van der Waals surface area (Å²) in [5.41, 5.74) is 2.88. The molecule has 5 nitrogen and oxygen atoms in total. The summed E-state index contributed by atoms with van der Waals surface area (Å²) in [6.45, 7) is 2.75. The number of aryl methyl sites for hydroxylation is 1. The van der Waals surface area contributed by atoms with E-state index in [1.807, 2.05) is 60.1 Å². The molecule has 0 spiro atoms. The molecule has 0 saturated heterocycles. The molecule has 2 aromatic heterocycles. The SMILES string of the molecule is CCCCOc1ccc2c(c1)c(=O)c1cc3[nH]c4ccccc4c(=O)c3cc1n2C. The van der Waals surface area contributed by atoms with E-state index in [0.717, 1.165) is 29.4 Å². The Morgan fingerprint density at radius 3 is 2.43 bits per heavy atom. The Morgan fingerprint density at radius 2 is 1.60 bits per heavy atom. The van der Waals surface area contributed by atoms with Crippen molar-refractivity contribution in [1.29, 1.82) is 0 Å². The molecule has 30 heavy (non-hydrogen) atoms. The van der Waals surface area contributed by atoms with Gasteiger partial charge in [-0.2, -0.15) is 0 Å². The fraction of sp³-hybridized carbons (Fsp3) is 0.200. The van der Waals surface area contributed by atoms with Crippen LogP contribution in [0.25, 0.3) is 43.6 Å². The third kappa shape index (κ3) is 2.77. The van der Waals surface area contributed by atoms with Gasteiger partial charge in [0.05, 0.1) is 23.2 Å². The molecule has 5 heteroatoms. The van der Waals surface area contributed by atoms with Gasteiger partial charge in [-0.3, -0.25) is 9.59 Å². The van der Waals surface area contributed by atoms with Gasteiger partial charge in [0.2, 0.25) is 0 Å². The summed E-state index contributed by atoms with van der Waals surface area (Å²) in [7, 11) is 1.92. The molecule has 0 amide bonds. The highest BCUT2D eigenvalue weighted by Crippen LogP contribution is 2.25. The first-order chi connectivity index (χ1) is 14.6. The second-order valence-corrected chi connectivity index (χ2v) is 7.68. The Bertz CT molecular complexity index is 1560. The minimum absolute atomic E-state index is 0.0338. The molecule has 150 valence electrons. The van der Waals surface area contributed by atoms with Crippen molar-refractivity contribution in [3.8, 4) is 5.75 Å². The van der Waals surface area contributed by atoms with Crippen LogP contribution in [-0.4, -0.2) is 16.2 Å². The number of unbranched alkanes of at least 4 members (excludes halogenated alkanes) is 1. The highest BCUT2D eigenvalue weighted by atomic mass is 16.5. The summed E-state index contributed by atoms with van der Waals surface area (Å²) in [4.78, 5) is 29.7. The van der Waals surface area contributed by atoms with E-state index in [9.17, 15) is 9.59 Å². The molecule has 0 aliphatic carbocycles. The van der Waals surface area contributed by atoms with Gasteiger partial charge >= 0.3 is 0 Å². The van der Waals surface area contributed by atoms with Crippen LogP contribution in [0.3, 0.4) is 0 Å². The quantitative estimate of drug-likeness (QED) is 0.347. The predicted octanol–water partition coefficient (Wildman–Crippen LogP) is 4.87. The minimum Gasteiger partial charge on any atom is -0.494 e. The molecule has 5 aromatic rings. The number of nitrogens with zero attached hydrogens (tertiary/aromatic N) is 1. The molecule has 0 unspecified atom stereocenters. The second kappa shape index (κ2) is 7.02. The van der Waals surface area contributed by atoms with Crippen molar-refractivity contribution in [3.05, 3.63) is 75.0 Å². The van der Waals surface area contributed by atoms with Crippen LogP contribution in [-0.2, 0) is 7.05 Å². The second-order valence-electron chi connectivity index (χ2n) is 7.68. The van der Waals surface area contributed by atoms with Crippen molar-refractivity contribution in [2.24, 2.45) is 7.05 Å². The highest BCUT2D eigenvalue weighted by Gasteiger charge is 2.13. The van der Waals surface area contributed by atoms with Crippen molar-refractivity contribution in [1.82, 2.24) is 9.55 Å². The van der Waals surface area contributed by atoms with Crippen LogP contribution < -0.4 is 15.6 Å². The smallest absolute Gasteiger partial charge is 0.197 e. The number of pyridine rings is 2. The van der Waals surface area contributed by atoms with Gasteiger partial charge in [-0.1, -0.05) is 25.5 Å². The summed E-state index contributed by atoms with van der Waals surface area (Å²) < 4.78 is 7.77. The number of rotatable bonds is 4. The van der Waals surface area contributed by atoms with Gasteiger partial charge in [-0.15, -0.1) is 0 Å². The number of aromatic nitrogens is 2. The zero-order valence-corrected chi connectivity index (χ0v) is 17.0. The molecular formula is C25H22N2O3. The highest BCUT2D eigenvalue weighted by molar-refractivity contribution is 6.03.